The number of hydrogen-bond acceptors (Lipinski definition) is 5. The lowest BCUT2D eigenvalue weighted by Crippen LogP contribution is -2.21. The quantitative estimate of drug-likeness (QED) is 0.932. The highest BCUT2D eigenvalue weighted by Crippen LogP contribution is 2.36. The Bertz CT molecular complexity index is 581. The Morgan fingerprint density at radius 2 is 2.16 bits per heavy atom. The second kappa shape index (κ2) is 5.19. The molecule has 0 saturated heterocycles. The third kappa shape index (κ3) is 2.72. The van der Waals surface area contributed by atoms with Crippen LogP contribution in [0.4, 0.5) is 0 Å². The number of benzene rings is 1. The van der Waals surface area contributed by atoms with Gasteiger partial charge < -0.3 is 14.8 Å². The van der Waals surface area contributed by atoms with Gasteiger partial charge in [0.15, 0.2) is 11.5 Å². The summed E-state index contributed by atoms with van der Waals surface area (Å²) in [5.74, 6) is 1.61. The van der Waals surface area contributed by atoms with Crippen LogP contribution in [0, 0.1) is 0 Å². The van der Waals surface area contributed by atoms with Crippen molar-refractivity contribution < 1.29 is 9.47 Å². The van der Waals surface area contributed by atoms with Crippen LogP contribution >= 0.6 is 11.3 Å². The van der Waals surface area contributed by atoms with Gasteiger partial charge in [0.1, 0.15) is 5.01 Å². The predicted octanol–water partition coefficient (Wildman–Crippen LogP) is 3.04. The average Bonchev–Trinajstić information content (AvgIpc) is 3.04. The van der Waals surface area contributed by atoms with Crippen molar-refractivity contribution in [1.29, 1.82) is 0 Å². The minimum absolute atomic E-state index is 0.306. The van der Waals surface area contributed by atoms with Gasteiger partial charge in [-0.1, -0.05) is 13.8 Å². The first kappa shape index (κ1) is 12.4. The van der Waals surface area contributed by atoms with Crippen molar-refractivity contribution >= 4 is 11.3 Å². The van der Waals surface area contributed by atoms with Crippen LogP contribution in [0.2, 0.25) is 0 Å². The Kier molecular flexibility index (Phi) is 3.40. The van der Waals surface area contributed by atoms with Crippen LogP contribution in [-0.4, -0.2) is 17.8 Å². The Morgan fingerprint density at radius 1 is 1.32 bits per heavy atom. The number of hydrogen-bond donors (Lipinski definition) is 1. The van der Waals surface area contributed by atoms with E-state index in [2.05, 4.69) is 29.5 Å². The molecule has 5 heteroatoms. The van der Waals surface area contributed by atoms with E-state index in [4.69, 9.17) is 9.47 Å². The zero-order valence-corrected chi connectivity index (χ0v) is 11.8. The number of thiazole rings is 1. The fraction of sp³-hybridized carbons (Fsp3) is 0.357. The Balaban J connectivity index is 1.79. The molecule has 1 aromatic carbocycles. The van der Waals surface area contributed by atoms with Crippen LogP contribution in [0.1, 0.15) is 19.5 Å². The lowest BCUT2D eigenvalue weighted by molar-refractivity contribution is 0.174. The summed E-state index contributed by atoms with van der Waals surface area (Å²) in [5.41, 5.74) is 2.15. The molecule has 4 nitrogen and oxygen atoms in total. The van der Waals surface area contributed by atoms with Gasteiger partial charge in [0.05, 0.1) is 5.69 Å². The lowest BCUT2D eigenvalue weighted by Gasteiger charge is -2.04. The van der Waals surface area contributed by atoms with Gasteiger partial charge in [0.25, 0.3) is 0 Å². The van der Waals surface area contributed by atoms with E-state index >= 15 is 0 Å². The second-order valence-electron chi connectivity index (χ2n) is 4.75. The van der Waals surface area contributed by atoms with Crippen molar-refractivity contribution in [3.63, 3.8) is 0 Å². The highest BCUT2D eigenvalue weighted by atomic mass is 32.1. The summed E-state index contributed by atoms with van der Waals surface area (Å²) in [6.07, 6.45) is 0. The zero-order valence-electron chi connectivity index (χ0n) is 11.0. The molecule has 2 aromatic rings. The first-order chi connectivity index (χ1) is 9.22. The monoisotopic (exact) mass is 276 g/mol. The minimum atomic E-state index is 0.306. The van der Waals surface area contributed by atoms with Crippen LogP contribution < -0.4 is 14.8 Å². The molecule has 100 valence electrons. The van der Waals surface area contributed by atoms with Crippen LogP contribution in [0.25, 0.3) is 10.6 Å². The summed E-state index contributed by atoms with van der Waals surface area (Å²) in [6.45, 7) is 5.37. The van der Waals surface area contributed by atoms with Gasteiger partial charge in [0.2, 0.25) is 6.79 Å². The highest BCUT2D eigenvalue weighted by molar-refractivity contribution is 7.13. The Hall–Kier alpha value is -1.59. The molecule has 1 aromatic heterocycles. The molecule has 0 spiro atoms. The van der Waals surface area contributed by atoms with E-state index in [0.29, 0.717) is 12.8 Å². The maximum atomic E-state index is 5.39. The minimum Gasteiger partial charge on any atom is -0.454 e. The smallest absolute Gasteiger partial charge is 0.231 e. The van der Waals surface area contributed by atoms with Gasteiger partial charge in [0, 0.05) is 23.5 Å². The van der Waals surface area contributed by atoms with Crippen LogP contribution in [0.3, 0.4) is 0 Å². The SMILES string of the molecule is CC(C)NCc1csc(-c2ccc3c(c2)OCO3)n1. The van der Waals surface area contributed by atoms with Gasteiger partial charge in [-0.15, -0.1) is 11.3 Å². The molecular formula is C14H16N2O2S. The van der Waals surface area contributed by atoms with E-state index in [1.54, 1.807) is 11.3 Å². The predicted molar refractivity (Wildman–Crippen MR) is 75.6 cm³/mol. The molecule has 2 heterocycles. The van der Waals surface area contributed by atoms with E-state index in [0.717, 1.165) is 34.3 Å². The van der Waals surface area contributed by atoms with E-state index in [1.807, 2.05) is 18.2 Å². The number of nitrogens with one attached hydrogen (secondary N) is 1. The maximum absolute atomic E-state index is 5.39. The maximum Gasteiger partial charge on any atom is 0.231 e. The molecule has 0 saturated carbocycles. The Labute approximate surface area is 116 Å². The van der Waals surface area contributed by atoms with Gasteiger partial charge in [-0.2, -0.15) is 0 Å². The van der Waals surface area contributed by atoms with Crippen molar-refractivity contribution in [3.05, 3.63) is 29.3 Å². The molecule has 19 heavy (non-hydrogen) atoms. The molecule has 0 unspecified atom stereocenters. The molecule has 0 bridgehead atoms. The molecule has 0 amide bonds. The molecule has 1 aliphatic rings. The zero-order chi connectivity index (χ0) is 13.2. The Morgan fingerprint density at radius 3 is 3.00 bits per heavy atom. The summed E-state index contributed by atoms with van der Waals surface area (Å²) < 4.78 is 10.7. The molecule has 0 atom stereocenters. The third-order valence-electron chi connectivity index (χ3n) is 2.86. The molecule has 3 rings (SSSR count). The summed E-state index contributed by atoms with van der Waals surface area (Å²) in [7, 11) is 0. The topological polar surface area (TPSA) is 43.4 Å². The van der Waals surface area contributed by atoms with E-state index in [1.165, 1.54) is 0 Å². The molecule has 1 N–H and O–H groups in total. The molecular weight excluding hydrogens is 260 g/mol. The molecule has 0 aliphatic carbocycles. The van der Waals surface area contributed by atoms with E-state index in [-0.39, 0.29) is 0 Å². The summed E-state index contributed by atoms with van der Waals surface area (Å²) in [5, 5.41) is 6.47. The molecule has 1 aliphatic heterocycles. The van der Waals surface area contributed by atoms with Gasteiger partial charge in [-0.3, -0.25) is 0 Å². The molecule has 0 radical (unpaired) electrons. The fourth-order valence-corrected chi connectivity index (χ4v) is 2.68. The lowest BCUT2D eigenvalue weighted by atomic mass is 10.2. The van der Waals surface area contributed by atoms with Crippen molar-refractivity contribution in [3.8, 4) is 22.1 Å². The largest absolute Gasteiger partial charge is 0.454 e. The number of aromatic nitrogens is 1. The van der Waals surface area contributed by atoms with Crippen molar-refractivity contribution in [2.24, 2.45) is 0 Å². The van der Waals surface area contributed by atoms with Crippen molar-refractivity contribution in [2.75, 3.05) is 6.79 Å². The highest BCUT2D eigenvalue weighted by Gasteiger charge is 2.15. The average molecular weight is 276 g/mol. The summed E-state index contributed by atoms with van der Waals surface area (Å²) in [4.78, 5) is 4.64. The molecule has 0 fully saturated rings. The summed E-state index contributed by atoms with van der Waals surface area (Å²) >= 11 is 1.65. The van der Waals surface area contributed by atoms with Gasteiger partial charge >= 0.3 is 0 Å². The van der Waals surface area contributed by atoms with Crippen LogP contribution in [0.15, 0.2) is 23.6 Å². The second-order valence-corrected chi connectivity index (χ2v) is 5.61. The fourth-order valence-electron chi connectivity index (χ4n) is 1.86. The van der Waals surface area contributed by atoms with E-state index in [9.17, 15) is 0 Å². The first-order valence-electron chi connectivity index (χ1n) is 6.30. The van der Waals surface area contributed by atoms with Crippen LogP contribution in [0.5, 0.6) is 11.5 Å². The van der Waals surface area contributed by atoms with Gasteiger partial charge in [-0.25, -0.2) is 4.98 Å². The number of ether oxygens (including phenoxy) is 2. The number of nitrogens with zero attached hydrogens (tertiary/aromatic N) is 1. The van der Waals surface area contributed by atoms with Crippen molar-refractivity contribution in [2.45, 2.75) is 26.4 Å². The standard InChI is InChI=1S/C14H16N2O2S/c1-9(2)15-6-11-7-19-14(16-11)10-3-4-12-13(5-10)18-8-17-12/h3-5,7,9,15H,6,8H2,1-2H3. The normalized spacial score (nSPS) is 13.2. The number of fused-ring (bicyclic) bond motifs is 1. The van der Waals surface area contributed by atoms with Crippen molar-refractivity contribution in [1.82, 2.24) is 10.3 Å². The summed E-state index contributed by atoms with van der Waals surface area (Å²) in [6, 6.07) is 6.41. The third-order valence-corrected chi connectivity index (χ3v) is 3.80. The number of rotatable bonds is 4. The first-order valence-corrected chi connectivity index (χ1v) is 7.18. The van der Waals surface area contributed by atoms with E-state index < -0.39 is 0 Å². The van der Waals surface area contributed by atoms with Crippen LogP contribution in [-0.2, 0) is 6.54 Å². The van der Waals surface area contributed by atoms with Gasteiger partial charge in [-0.05, 0) is 18.2 Å².